The average molecular weight is 261 g/mol. The number of aryl methyl sites for hydroxylation is 1. The predicted octanol–water partition coefficient (Wildman–Crippen LogP) is 1.19. The molecule has 19 heavy (non-hydrogen) atoms. The summed E-state index contributed by atoms with van der Waals surface area (Å²) >= 11 is 0. The molecular formula is C14H19N3O2. The Bertz CT molecular complexity index is 441. The normalized spacial score (nSPS) is 15.1. The summed E-state index contributed by atoms with van der Waals surface area (Å²) in [7, 11) is 0. The summed E-state index contributed by atoms with van der Waals surface area (Å²) in [6.07, 6.45) is 3.56. The van der Waals surface area contributed by atoms with E-state index in [-0.39, 0.29) is 12.5 Å². The van der Waals surface area contributed by atoms with Crippen LogP contribution in [0.3, 0.4) is 0 Å². The van der Waals surface area contributed by atoms with E-state index >= 15 is 0 Å². The van der Waals surface area contributed by atoms with Crippen molar-refractivity contribution in [1.29, 1.82) is 0 Å². The minimum atomic E-state index is -0.137. The van der Waals surface area contributed by atoms with Crippen molar-refractivity contribution in [2.75, 3.05) is 6.61 Å². The van der Waals surface area contributed by atoms with Crippen molar-refractivity contribution >= 4 is 11.7 Å². The zero-order chi connectivity index (χ0) is 13.5. The first-order chi connectivity index (χ1) is 9.24. The number of nitrogens with zero attached hydrogens (tertiary/aromatic N) is 1. The van der Waals surface area contributed by atoms with Gasteiger partial charge in [-0.2, -0.15) is 0 Å². The van der Waals surface area contributed by atoms with Gasteiger partial charge in [0.15, 0.2) is 6.61 Å². The molecule has 5 nitrogen and oxygen atoms in total. The number of hydrogen-bond donors (Lipinski definition) is 2. The fourth-order valence-electron chi connectivity index (χ4n) is 1.63. The number of nitrogens with one attached hydrogen (secondary N) is 1. The van der Waals surface area contributed by atoms with E-state index in [4.69, 9.17) is 10.6 Å². The largest absolute Gasteiger partial charge is 0.384 e. The highest BCUT2D eigenvalue weighted by atomic mass is 16.6. The van der Waals surface area contributed by atoms with Crippen LogP contribution in [0.15, 0.2) is 35.5 Å². The van der Waals surface area contributed by atoms with Gasteiger partial charge in [-0.3, -0.25) is 4.79 Å². The van der Waals surface area contributed by atoms with Crippen LogP contribution in [0.2, 0.25) is 0 Å². The Morgan fingerprint density at radius 1 is 1.37 bits per heavy atom. The molecule has 1 aromatic rings. The smallest absolute Gasteiger partial charge is 0.260 e. The summed E-state index contributed by atoms with van der Waals surface area (Å²) in [6.45, 7) is -0.0669. The third-order valence-corrected chi connectivity index (χ3v) is 2.83. The second-order valence-corrected chi connectivity index (χ2v) is 4.68. The summed E-state index contributed by atoms with van der Waals surface area (Å²) in [5, 5.41) is 6.55. The number of nitrogens with two attached hydrogens (primary N) is 1. The van der Waals surface area contributed by atoms with E-state index in [1.54, 1.807) is 0 Å². The minimum Gasteiger partial charge on any atom is -0.384 e. The molecule has 1 aromatic carbocycles. The third kappa shape index (κ3) is 5.42. The quantitative estimate of drug-likeness (QED) is 0.439. The fraction of sp³-hybridized carbons (Fsp3) is 0.429. The molecule has 0 bridgehead atoms. The Balaban J connectivity index is 1.63. The van der Waals surface area contributed by atoms with Crippen LogP contribution >= 0.6 is 0 Å². The maximum atomic E-state index is 11.3. The van der Waals surface area contributed by atoms with Crippen molar-refractivity contribution in [2.24, 2.45) is 10.9 Å². The zero-order valence-electron chi connectivity index (χ0n) is 10.8. The van der Waals surface area contributed by atoms with Crippen LogP contribution in [-0.2, 0) is 16.1 Å². The third-order valence-electron chi connectivity index (χ3n) is 2.83. The first kappa shape index (κ1) is 13.4. The lowest BCUT2D eigenvalue weighted by Crippen LogP contribution is -2.29. The van der Waals surface area contributed by atoms with Gasteiger partial charge in [-0.05, 0) is 24.8 Å². The number of amides is 1. The van der Waals surface area contributed by atoms with E-state index in [0.717, 1.165) is 19.3 Å². The highest BCUT2D eigenvalue weighted by molar-refractivity contribution is 5.80. The zero-order valence-corrected chi connectivity index (χ0v) is 10.8. The molecule has 0 atom stereocenters. The van der Waals surface area contributed by atoms with Crippen molar-refractivity contribution < 1.29 is 9.63 Å². The van der Waals surface area contributed by atoms with E-state index in [0.29, 0.717) is 18.3 Å². The van der Waals surface area contributed by atoms with Crippen LogP contribution in [0.5, 0.6) is 0 Å². The lowest BCUT2D eigenvalue weighted by atomic mass is 10.1. The fourth-order valence-corrected chi connectivity index (χ4v) is 1.63. The van der Waals surface area contributed by atoms with Crippen LogP contribution in [-0.4, -0.2) is 24.4 Å². The average Bonchev–Trinajstić information content (AvgIpc) is 3.21. The lowest BCUT2D eigenvalue weighted by molar-refractivity contribution is -0.125. The molecule has 1 amide bonds. The number of amidine groups is 1. The van der Waals surface area contributed by atoms with Gasteiger partial charge in [-0.25, -0.2) is 0 Å². The lowest BCUT2D eigenvalue weighted by Gasteiger charge is -2.03. The summed E-state index contributed by atoms with van der Waals surface area (Å²) < 4.78 is 0. The van der Waals surface area contributed by atoms with E-state index < -0.39 is 0 Å². The number of hydrogen-bond acceptors (Lipinski definition) is 3. The number of benzene rings is 1. The highest BCUT2D eigenvalue weighted by Gasteiger charge is 2.23. The molecule has 1 fully saturated rings. The van der Waals surface area contributed by atoms with Crippen LogP contribution < -0.4 is 11.1 Å². The Kier molecular flexibility index (Phi) is 4.78. The standard InChI is InChI=1S/C14H19N3O2/c15-13(9-6-11-4-2-1-3-5-11)17-19-10-14(18)16-12-7-8-12/h1-5,12H,6-10H2,(H2,15,17)(H,16,18). The van der Waals surface area contributed by atoms with Crippen LogP contribution in [0.4, 0.5) is 0 Å². The van der Waals surface area contributed by atoms with Crippen LogP contribution in [0, 0.1) is 0 Å². The number of carbonyl (C=O) groups excluding carboxylic acids is 1. The van der Waals surface area contributed by atoms with Gasteiger partial charge in [-0.1, -0.05) is 35.5 Å². The monoisotopic (exact) mass is 261 g/mol. The van der Waals surface area contributed by atoms with Crippen molar-refractivity contribution in [3.8, 4) is 0 Å². The molecular weight excluding hydrogens is 242 g/mol. The van der Waals surface area contributed by atoms with Gasteiger partial charge < -0.3 is 15.9 Å². The Morgan fingerprint density at radius 2 is 2.11 bits per heavy atom. The summed E-state index contributed by atoms with van der Waals surface area (Å²) in [5.74, 6) is 0.269. The van der Waals surface area contributed by atoms with Gasteiger partial charge in [0.25, 0.3) is 5.91 Å². The van der Waals surface area contributed by atoms with Gasteiger partial charge in [-0.15, -0.1) is 0 Å². The first-order valence-corrected chi connectivity index (χ1v) is 6.51. The molecule has 0 aromatic heterocycles. The van der Waals surface area contributed by atoms with E-state index in [2.05, 4.69) is 10.5 Å². The predicted molar refractivity (Wildman–Crippen MR) is 73.5 cm³/mol. The van der Waals surface area contributed by atoms with Gasteiger partial charge in [0, 0.05) is 12.5 Å². The Hall–Kier alpha value is -2.04. The van der Waals surface area contributed by atoms with Gasteiger partial charge in [0.05, 0.1) is 0 Å². The molecule has 1 aliphatic carbocycles. The van der Waals surface area contributed by atoms with Gasteiger partial charge in [0.1, 0.15) is 5.84 Å². The van der Waals surface area contributed by atoms with Crippen molar-refractivity contribution in [2.45, 2.75) is 31.7 Å². The molecule has 1 aliphatic rings. The minimum absolute atomic E-state index is 0.0669. The van der Waals surface area contributed by atoms with Crippen LogP contribution in [0.25, 0.3) is 0 Å². The number of carbonyl (C=O) groups is 1. The molecule has 0 saturated heterocycles. The molecule has 0 heterocycles. The summed E-state index contributed by atoms with van der Waals surface area (Å²) in [6, 6.07) is 10.4. The van der Waals surface area contributed by atoms with Gasteiger partial charge >= 0.3 is 0 Å². The van der Waals surface area contributed by atoms with Crippen molar-refractivity contribution in [3.63, 3.8) is 0 Å². The highest BCUT2D eigenvalue weighted by Crippen LogP contribution is 2.18. The molecule has 102 valence electrons. The Labute approximate surface area is 112 Å². The first-order valence-electron chi connectivity index (χ1n) is 6.51. The van der Waals surface area contributed by atoms with Crippen molar-refractivity contribution in [1.82, 2.24) is 5.32 Å². The summed E-state index contributed by atoms with van der Waals surface area (Å²) in [4.78, 5) is 16.2. The summed E-state index contributed by atoms with van der Waals surface area (Å²) in [5.41, 5.74) is 6.92. The molecule has 3 N–H and O–H groups in total. The Morgan fingerprint density at radius 3 is 2.79 bits per heavy atom. The molecule has 0 radical (unpaired) electrons. The topological polar surface area (TPSA) is 76.7 Å². The number of rotatable bonds is 7. The molecule has 5 heteroatoms. The van der Waals surface area contributed by atoms with E-state index in [1.807, 2.05) is 30.3 Å². The maximum Gasteiger partial charge on any atom is 0.260 e. The second kappa shape index (κ2) is 6.78. The van der Waals surface area contributed by atoms with E-state index in [1.165, 1.54) is 5.56 Å². The maximum absolute atomic E-state index is 11.3. The molecule has 0 spiro atoms. The molecule has 2 rings (SSSR count). The second-order valence-electron chi connectivity index (χ2n) is 4.68. The molecule has 0 unspecified atom stereocenters. The molecule has 1 saturated carbocycles. The van der Waals surface area contributed by atoms with Gasteiger partial charge in [0.2, 0.25) is 0 Å². The molecule has 0 aliphatic heterocycles. The van der Waals surface area contributed by atoms with Crippen molar-refractivity contribution in [3.05, 3.63) is 35.9 Å². The van der Waals surface area contributed by atoms with Crippen LogP contribution in [0.1, 0.15) is 24.8 Å². The SMILES string of the molecule is N/C(CCc1ccccc1)=N\OCC(=O)NC1CC1. The number of oxime groups is 1. The van der Waals surface area contributed by atoms with E-state index in [9.17, 15) is 4.79 Å².